The average molecular weight is 289 g/mol. The van der Waals surface area contributed by atoms with E-state index in [1.807, 2.05) is 0 Å². The number of aryl methyl sites for hydroxylation is 1. The molecule has 0 amide bonds. The van der Waals surface area contributed by atoms with Gasteiger partial charge in [0.05, 0.1) is 15.5 Å². The summed E-state index contributed by atoms with van der Waals surface area (Å²) < 4.78 is 13.6. The molecular formula is C12H7Cl2FOS. The highest BCUT2D eigenvalue weighted by Crippen LogP contribution is 2.30. The number of benzene rings is 1. The monoisotopic (exact) mass is 288 g/mol. The molecule has 2 rings (SSSR count). The number of hydrogen-bond acceptors (Lipinski definition) is 2. The molecule has 5 heteroatoms. The van der Waals surface area contributed by atoms with Gasteiger partial charge >= 0.3 is 0 Å². The summed E-state index contributed by atoms with van der Waals surface area (Å²) in [6.07, 6.45) is 0. The van der Waals surface area contributed by atoms with Crippen LogP contribution < -0.4 is 0 Å². The topological polar surface area (TPSA) is 17.1 Å². The molecule has 0 N–H and O–H groups in total. The second-order valence-corrected chi connectivity index (χ2v) is 5.21. The summed E-state index contributed by atoms with van der Waals surface area (Å²) in [5.74, 6) is -1.05. The van der Waals surface area contributed by atoms with Crippen molar-refractivity contribution in [2.45, 2.75) is 6.92 Å². The SMILES string of the molecule is Cc1csc(C(=O)c2ccc(Cl)cc2F)c1Cl. The van der Waals surface area contributed by atoms with Crippen molar-refractivity contribution in [3.8, 4) is 0 Å². The number of halogens is 3. The van der Waals surface area contributed by atoms with Crippen molar-refractivity contribution in [1.29, 1.82) is 0 Å². The molecule has 0 aliphatic carbocycles. The zero-order valence-electron chi connectivity index (χ0n) is 8.76. The lowest BCUT2D eigenvalue weighted by Gasteiger charge is -2.01. The molecule has 1 aromatic heterocycles. The van der Waals surface area contributed by atoms with Gasteiger partial charge in [0.15, 0.2) is 0 Å². The quantitative estimate of drug-likeness (QED) is 0.730. The van der Waals surface area contributed by atoms with Crippen molar-refractivity contribution in [2.24, 2.45) is 0 Å². The molecule has 88 valence electrons. The summed E-state index contributed by atoms with van der Waals surface area (Å²) in [6.45, 7) is 1.80. The van der Waals surface area contributed by atoms with Crippen LogP contribution >= 0.6 is 34.5 Å². The van der Waals surface area contributed by atoms with E-state index in [-0.39, 0.29) is 10.6 Å². The molecule has 0 saturated carbocycles. The molecule has 17 heavy (non-hydrogen) atoms. The summed E-state index contributed by atoms with van der Waals surface area (Å²) in [5, 5.41) is 2.41. The normalized spacial score (nSPS) is 10.6. The number of thiophene rings is 1. The molecule has 0 radical (unpaired) electrons. The van der Waals surface area contributed by atoms with E-state index in [9.17, 15) is 9.18 Å². The van der Waals surface area contributed by atoms with Crippen LogP contribution in [0.5, 0.6) is 0 Å². The Balaban J connectivity index is 2.47. The van der Waals surface area contributed by atoms with E-state index in [1.165, 1.54) is 23.5 Å². The number of ketones is 1. The lowest BCUT2D eigenvalue weighted by atomic mass is 10.1. The van der Waals surface area contributed by atoms with Crippen LogP contribution in [-0.4, -0.2) is 5.78 Å². The molecular weight excluding hydrogens is 282 g/mol. The van der Waals surface area contributed by atoms with Gasteiger partial charge in [-0.3, -0.25) is 4.79 Å². The van der Waals surface area contributed by atoms with E-state index in [4.69, 9.17) is 23.2 Å². The molecule has 0 unspecified atom stereocenters. The molecule has 0 fully saturated rings. The molecule has 2 aromatic rings. The number of carbonyl (C=O) groups is 1. The van der Waals surface area contributed by atoms with Crippen LogP contribution in [0.4, 0.5) is 4.39 Å². The van der Waals surface area contributed by atoms with Gasteiger partial charge in [0.2, 0.25) is 5.78 Å². The highest BCUT2D eigenvalue weighted by atomic mass is 35.5. The third kappa shape index (κ3) is 2.37. The first-order valence-electron chi connectivity index (χ1n) is 4.74. The Bertz CT molecular complexity index is 592. The van der Waals surface area contributed by atoms with E-state index < -0.39 is 11.6 Å². The smallest absolute Gasteiger partial charge is 0.207 e. The van der Waals surface area contributed by atoms with E-state index in [0.29, 0.717) is 9.90 Å². The van der Waals surface area contributed by atoms with E-state index in [2.05, 4.69) is 0 Å². The fraction of sp³-hybridized carbons (Fsp3) is 0.0833. The summed E-state index contributed by atoms with van der Waals surface area (Å²) in [5.41, 5.74) is 0.799. The van der Waals surface area contributed by atoms with Crippen LogP contribution in [0, 0.1) is 12.7 Å². The minimum absolute atomic E-state index is 0.0156. The minimum Gasteiger partial charge on any atom is -0.288 e. The Morgan fingerprint density at radius 3 is 2.59 bits per heavy atom. The molecule has 0 atom stereocenters. The summed E-state index contributed by atoms with van der Waals surface area (Å²) in [6, 6.07) is 3.96. The molecule has 0 aliphatic heterocycles. The maximum Gasteiger partial charge on any atom is 0.207 e. The fourth-order valence-electron chi connectivity index (χ4n) is 1.38. The number of carbonyl (C=O) groups excluding carboxylic acids is 1. The van der Waals surface area contributed by atoms with Gasteiger partial charge in [0.25, 0.3) is 0 Å². The van der Waals surface area contributed by atoms with Crippen LogP contribution in [0.25, 0.3) is 0 Å². The van der Waals surface area contributed by atoms with Gasteiger partial charge in [-0.15, -0.1) is 11.3 Å². The number of rotatable bonds is 2. The van der Waals surface area contributed by atoms with Gasteiger partial charge in [-0.05, 0) is 36.1 Å². The van der Waals surface area contributed by atoms with Gasteiger partial charge < -0.3 is 0 Å². The summed E-state index contributed by atoms with van der Waals surface area (Å²) >= 11 is 12.8. The predicted molar refractivity (Wildman–Crippen MR) is 68.9 cm³/mol. The van der Waals surface area contributed by atoms with Gasteiger partial charge in [-0.25, -0.2) is 4.39 Å². The molecule has 1 nitrogen and oxygen atoms in total. The fourth-order valence-corrected chi connectivity index (χ4v) is 2.77. The Kier molecular flexibility index (Phi) is 3.52. The van der Waals surface area contributed by atoms with Crippen LogP contribution in [0.1, 0.15) is 20.8 Å². The first kappa shape index (κ1) is 12.6. The summed E-state index contributed by atoms with van der Waals surface area (Å²) in [7, 11) is 0. The molecule has 0 saturated heterocycles. The van der Waals surface area contributed by atoms with E-state index in [0.717, 1.165) is 11.6 Å². The van der Waals surface area contributed by atoms with Crippen LogP contribution in [-0.2, 0) is 0 Å². The highest BCUT2D eigenvalue weighted by Gasteiger charge is 2.19. The van der Waals surface area contributed by atoms with Crippen molar-refractivity contribution >= 4 is 40.3 Å². The third-order valence-corrected chi connectivity index (χ3v) is 4.21. The van der Waals surface area contributed by atoms with Crippen molar-refractivity contribution < 1.29 is 9.18 Å². The minimum atomic E-state index is -0.635. The molecule has 0 aliphatic rings. The summed E-state index contributed by atoms with van der Waals surface area (Å²) in [4.78, 5) is 12.4. The van der Waals surface area contributed by atoms with E-state index >= 15 is 0 Å². The maximum atomic E-state index is 13.6. The predicted octanol–water partition coefficient (Wildman–Crippen LogP) is 4.73. The van der Waals surface area contributed by atoms with Crippen molar-refractivity contribution in [2.75, 3.05) is 0 Å². The Labute approximate surface area is 112 Å². The van der Waals surface area contributed by atoms with Crippen molar-refractivity contribution in [1.82, 2.24) is 0 Å². The lowest BCUT2D eigenvalue weighted by molar-refractivity contribution is 0.103. The first-order valence-corrected chi connectivity index (χ1v) is 6.37. The second-order valence-electron chi connectivity index (χ2n) is 3.52. The van der Waals surface area contributed by atoms with E-state index in [1.54, 1.807) is 12.3 Å². The van der Waals surface area contributed by atoms with Crippen LogP contribution in [0.3, 0.4) is 0 Å². The van der Waals surface area contributed by atoms with Crippen LogP contribution in [0.2, 0.25) is 10.0 Å². The molecule has 0 spiro atoms. The zero-order valence-corrected chi connectivity index (χ0v) is 11.1. The standard InChI is InChI=1S/C12H7Cl2FOS/c1-6-5-17-12(10(6)14)11(16)8-3-2-7(13)4-9(8)15/h2-5H,1H3. The Hall–Kier alpha value is -0.900. The zero-order chi connectivity index (χ0) is 12.6. The van der Waals surface area contributed by atoms with Gasteiger partial charge in [-0.2, -0.15) is 0 Å². The first-order chi connectivity index (χ1) is 8.00. The van der Waals surface area contributed by atoms with Gasteiger partial charge in [-0.1, -0.05) is 23.2 Å². The molecule has 1 aromatic carbocycles. The van der Waals surface area contributed by atoms with Crippen molar-refractivity contribution in [3.05, 3.63) is 55.4 Å². The highest BCUT2D eigenvalue weighted by molar-refractivity contribution is 7.13. The molecule has 0 bridgehead atoms. The van der Waals surface area contributed by atoms with Gasteiger partial charge in [0, 0.05) is 5.02 Å². The third-order valence-electron chi connectivity index (χ3n) is 2.28. The Morgan fingerprint density at radius 2 is 2.06 bits per heavy atom. The van der Waals surface area contributed by atoms with Crippen LogP contribution in [0.15, 0.2) is 23.6 Å². The lowest BCUT2D eigenvalue weighted by Crippen LogP contribution is -2.02. The maximum absolute atomic E-state index is 13.6. The largest absolute Gasteiger partial charge is 0.288 e. The average Bonchev–Trinajstić information content (AvgIpc) is 2.59. The van der Waals surface area contributed by atoms with Crippen molar-refractivity contribution in [3.63, 3.8) is 0 Å². The second kappa shape index (κ2) is 4.77. The molecule has 1 heterocycles. The van der Waals surface area contributed by atoms with Gasteiger partial charge in [0.1, 0.15) is 5.82 Å². The number of hydrogen-bond donors (Lipinski definition) is 0. The Morgan fingerprint density at radius 1 is 1.35 bits per heavy atom.